The summed E-state index contributed by atoms with van der Waals surface area (Å²) in [7, 11) is 0. The van der Waals surface area contributed by atoms with E-state index >= 15 is 0 Å². The molecule has 3 rings (SSSR count). The lowest BCUT2D eigenvalue weighted by atomic mass is 10.3. The number of esters is 1. The Balaban J connectivity index is 1.63. The van der Waals surface area contributed by atoms with Crippen molar-refractivity contribution in [2.75, 3.05) is 0 Å². The fraction of sp³-hybridized carbons (Fsp3) is 0.0769. The highest BCUT2D eigenvalue weighted by atomic mass is 32.1. The van der Waals surface area contributed by atoms with Crippen LogP contribution in [0.2, 0.25) is 0 Å². The fourth-order valence-electron chi connectivity index (χ4n) is 1.49. The first kappa shape index (κ1) is 12.1. The second-order valence-corrected chi connectivity index (χ2v) is 5.44. The molecule has 0 unspecified atom stereocenters. The van der Waals surface area contributed by atoms with Crippen LogP contribution in [0.15, 0.2) is 45.0 Å². The van der Waals surface area contributed by atoms with Gasteiger partial charge in [-0.15, -0.1) is 11.3 Å². The van der Waals surface area contributed by atoms with Crippen molar-refractivity contribution in [2.45, 2.75) is 6.61 Å². The number of rotatable bonds is 4. The van der Waals surface area contributed by atoms with Gasteiger partial charge in [0.2, 0.25) is 5.89 Å². The Bertz CT molecular complexity index is 656. The molecule has 0 aliphatic carbocycles. The summed E-state index contributed by atoms with van der Waals surface area (Å²) in [6.45, 7) is 0.115. The minimum atomic E-state index is -0.345. The van der Waals surface area contributed by atoms with Crippen molar-refractivity contribution in [3.63, 3.8) is 0 Å². The van der Waals surface area contributed by atoms with Crippen molar-refractivity contribution in [3.8, 4) is 10.8 Å². The predicted molar refractivity (Wildman–Crippen MR) is 73.3 cm³/mol. The van der Waals surface area contributed by atoms with Crippen LogP contribution in [0, 0.1) is 0 Å². The number of ether oxygens (including phenoxy) is 1. The first-order valence-electron chi connectivity index (χ1n) is 5.50. The molecule has 0 N–H and O–H groups in total. The smallest absolute Gasteiger partial charge is 0.339 e. The average Bonchev–Trinajstić information content (AvgIpc) is 3.14. The van der Waals surface area contributed by atoms with E-state index in [-0.39, 0.29) is 12.6 Å². The Kier molecular flexibility index (Phi) is 3.43. The fourth-order valence-corrected chi connectivity index (χ4v) is 2.77. The van der Waals surface area contributed by atoms with Gasteiger partial charge >= 0.3 is 5.97 Å². The van der Waals surface area contributed by atoms with Gasteiger partial charge in [-0.25, -0.2) is 9.78 Å². The molecular weight excluding hydrogens is 282 g/mol. The van der Waals surface area contributed by atoms with Crippen LogP contribution in [-0.4, -0.2) is 11.0 Å². The second kappa shape index (κ2) is 5.38. The van der Waals surface area contributed by atoms with E-state index in [0.29, 0.717) is 17.1 Å². The highest BCUT2D eigenvalue weighted by molar-refractivity contribution is 7.13. The molecule has 0 saturated carbocycles. The quantitative estimate of drug-likeness (QED) is 0.686. The van der Waals surface area contributed by atoms with Gasteiger partial charge in [0.05, 0.1) is 10.4 Å². The monoisotopic (exact) mass is 291 g/mol. The van der Waals surface area contributed by atoms with Crippen LogP contribution in [-0.2, 0) is 11.3 Å². The summed E-state index contributed by atoms with van der Waals surface area (Å²) in [5.74, 6) is 0.207. The molecule has 3 heterocycles. The molecule has 3 aromatic heterocycles. The van der Waals surface area contributed by atoms with Crippen molar-refractivity contribution in [1.29, 1.82) is 0 Å². The van der Waals surface area contributed by atoms with Gasteiger partial charge in [0.15, 0.2) is 0 Å². The molecule has 4 nitrogen and oxygen atoms in total. The first-order valence-corrected chi connectivity index (χ1v) is 7.33. The van der Waals surface area contributed by atoms with Gasteiger partial charge in [0.25, 0.3) is 0 Å². The molecule has 0 atom stereocenters. The normalized spacial score (nSPS) is 10.5. The Morgan fingerprint density at radius 3 is 3.05 bits per heavy atom. The van der Waals surface area contributed by atoms with E-state index in [4.69, 9.17) is 9.15 Å². The highest BCUT2D eigenvalue weighted by Crippen LogP contribution is 2.23. The lowest BCUT2D eigenvalue weighted by molar-refractivity contribution is 0.0468. The maximum atomic E-state index is 11.6. The molecule has 0 fully saturated rings. The molecule has 96 valence electrons. The van der Waals surface area contributed by atoms with Gasteiger partial charge in [0.1, 0.15) is 18.6 Å². The van der Waals surface area contributed by atoms with E-state index in [1.165, 1.54) is 17.6 Å². The summed E-state index contributed by atoms with van der Waals surface area (Å²) < 4.78 is 10.5. The van der Waals surface area contributed by atoms with Crippen molar-refractivity contribution in [1.82, 2.24) is 4.98 Å². The Labute approximate surface area is 117 Å². The van der Waals surface area contributed by atoms with Crippen LogP contribution < -0.4 is 0 Å². The van der Waals surface area contributed by atoms with Crippen molar-refractivity contribution in [2.24, 2.45) is 0 Å². The number of carbonyl (C=O) groups excluding carboxylic acids is 1. The summed E-state index contributed by atoms with van der Waals surface area (Å²) in [6.07, 6.45) is 1.51. The molecule has 0 spiro atoms. The first-order chi connectivity index (χ1) is 9.33. The third kappa shape index (κ3) is 2.74. The summed E-state index contributed by atoms with van der Waals surface area (Å²) in [4.78, 5) is 16.9. The number of hydrogen-bond donors (Lipinski definition) is 0. The van der Waals surface area contributed by atoms with E-state index in [1.807, 2.05) is 22.9 Å². The zero-order valence-electron chi connectivity index (χ0n) is 9.74. The molecule has 0 saturated heterocycles. The molecule has 6 heteroatoms. The third-order valence-corrected chi connectivity index (χ3v) is 3.93. The molecule has 0 amide bonds. The molecule has 0 aliphatic heterocycles. The average molecular weight is 291 g/mol. The number of carbonyl (C=O) groups is 1. The molecule has 0 bridgehead atoms. The van der Waals surface area contributed by atoms with Crippen LogP contribution in [0.3, 0.4) is 0 Å². The second-order valence-electron chi connectivity index (χ2n) is 3.71. The number of aromatic nitrogens is 1. The van der Waals surface area contributed by atoms with Crippen LogP contribution >= 0.6 is 22.7 Å². The summed E-state index contributed by atoms with van der Waals surface area (Å²) in [6, 6.07) is 5.59. The molecule has 0 radical (unpaired) electrons. The predicted octanol–water partition coefficient (Wildman–Crippen LogP) is 3.82. The van der Waals surface area contributed by atoms with Crippen LogP contribution in [0.5, 0.6) is 0 Å². The van der Waals surface area contributed by atoms with E-state index in [9.17, 15) is 4.79 Å². The van der Waals surface area contributed by atoms with E-state index in [2.05, 4.69) is 4.98 Å². The summed E-state index contributed by atoms with van der Waals surface area (Å²) in [5, 5.41) is 5.54. The number of thiophene rings is 2. The van der Waals surface area contributed by atoms with Gasteiger partial charge in [-0.3, -0.25) is 0 Å². The minimum Gasteiger partial charge on any atom is -0.455 e. The number of hydrogen-bond acceptors (Lipinski definition) is 6. The summed E-state index contributed by atoms with van der Waals surface area (Å²) in [5.41, 5.74) is 1.17. The third-order valence-electron chi connectivity index (χ3n) is 2.39. The lowest BCUT2D eigenvalue weighted by Gasteiger charge is -1.99. The van der Waals surface area contributed by atoms with Crippen LogP contribution in [0.25, 0.3) is 10.8 Å². The maximum absolute atomic E-state index is 11.6. The SMILES string of the molecule is O=C(OCc1coc(-c2cccs2)n1)c1ccsc1. The topological polar surface area (TPSA) is 52.3 Å². The molecule has 0 aromatic carbocycles. The molecule has 19 heavy (non-hydrogen) atoms. The number of nitrogens with zero attached hydrogens (tertiary/aromatic N) is 1. The van der Waals surface area contributed by atoms with E-state index in [0.717, 1.165) is 4.88 Å². The molecule has 3 aromatic rings. The van der Waals surface area contributed by atoms with Crippen molar-refractivity contribution >= 4 is 28.6 Å². The van der Waals surface area contributed by atoms with Gasteiger partial charge < -0.3 is 9.15 Å². The van der Waals surface area contributed by atoms with E-state index in [1.54, 1.807) is 22.8 Å². The van der Waals surface area contributed by atoms with Gasteiger partial charge in [-0.05, 0) is 22.9 Å². The Morgan fingerprint density at radius 2 is 2.32 bits per heavy atom. The Hall–Kier alpha value is -1.92. The van der Waals surface area contributed by atoms with Gasteiger partial charge in [-0.1, -0.05) is 6.07 Å². The summed E-state index contributed by atoms with van der Waals surface area (Å²) >= 11 is 3.01. The zero-order chi connectivity index (χ0) is 13.1. The van der Waals surface area contributed by atoms with Gasteiger partial charge in [0, 0.05) is 5.38 Å². The highest BCUT2D eigenvalue weighted by Gasteiger charge is 2.11. The van der Waals surface area contributed by atoms with Crippen LogP contribution in [0.4, 0.5) is 0 Å². The zero-order valence-corrected chi connectivity index (χ0v) is 11.4. The largest absolute Gasteiger partial charge is 0.455 e. The number of oxazole rings is 1. The maximum Gasteiger partial charge on any atom is 0.339 e. The minimum absolute atomic E-state index is 0.115. The lowest BCUT2D eigenvalue weighted by Crippen LogP contribution is -2.03. The standard InChI is InChI=1S/C13H9NO3S2/c15-13(9-3-5-18-8-9)17-7-10-6-16-12(14-10)11-2-1-4-19-11/h1-6,8H,7H2. The van der Waals surface area contributed by atoms with Gasteiger partial charge in [-0.2, -0.15) is 11.3 Å². The van der Waals surface area contributed by atoms with Crippen molar-refractivity contribution < 1.29 is 13.9 Å². The van der Waals surface area contributed by atoms with E-state index < -0.39 is 0 Å². The molecular formula is C13H9NO3S2. The van der Waals surface area contributed by atoms with Crippen molar-refractivity contribution in [3.05, 3.63) is 51.9 Å². The Morgan fingerprint density at radius 1 is 1.37 bits per heavy atom. The molecule has 0 aliphatic rings. The van der Waals surface area contributed by atoms with Crippen LogP contribution in [0.1, 0.15) is 16.1 Å².